The molecule has 0 spiro atoms. The van der Waals surface area contributed by atoms with Gasteiger partial charge in [0.1, 0.15) is 0 Å². The number of hydrogen-bond donors (Lipinski definition) is 1. The average Bonchev–Trinajstić information content (AvgIpc) is 3.17. The Morgan fingerprint density at radius 3 is 2.15 bits per heavy atom. The molecular weight excluding hydrogens is 424 g/mol. The van der Waals surface area contributed by atoms with E-state index in [4.69, 9.17) is 15.8 Å². The molecule has 0 fully saturated rings. The summed E-state index contributed by atoms with van der Waals surface area (Å²) < 4.78 is 2.92. The molecule has 5 rings (SSSR count). The number of pyridine rings is 1. The predicted molar refractivity (Wildman–Crippen MR) is 135 cm³/mol. The number of nitrogens with two attached hydrogens (primary N) is 1. The normalized spacial score (nSPS) is 12.2. The summed E-state index contributed by atoms with van der Waals surface area (Å²) in [5.74, 6) is 0.114. The first-order valence-corrected chi connectivity index (χ1v) is 11.3. The molecular formula is C27H26N6O. The minimum absolute atomic E-state index is 0.114. The van der Waals surface area contributed by atoms with Crippen LogP contribution in [0.25, 0.3) is 28.0 Å². The molecule has 7 nitrogen and oxygen atoms in total. The van der Waals surface area contributed by atoms with Gasteiger partial charge in [0, 0.05) is 17.0 Å². The van der Waals surface area contributed by atoms with Gasteiger partial charge in [-0.05, 0) is 50.5 Å². The zero-order chi connectivity index (χ0) is 23.8. The second kappa shape index (κ2) is 8.59. The lowest BCUT2D eigenvalue weighted by Gasteiger charge is -2.13. The van der Waals surface area contributed by atoms with Crippen molar-refractivity contribution in [2.24, 2.45) is 0 Å². The molecule has 0 amide bonds. The third-order valence-electron chi connectivity index (χ3n) is 5.93. The quantitative estimate of drug-likeness (QED) is 0.422. The van der Waals surface area contributed by atoms with Gasteiger partial charge in [0.15, 0.2) is 5.65 Å². The predicted octanol–water partition coefficient (Wildman–Crippen LogP) is 4.62. The first kappa shape index (κ1) is 21.6. The Balaban J connectivity index is 1.78. The Bertz CT molecular complexity index is 1520. The van der Waals surface area contributed by atoms with Gasteiger partial charge in [-0.15, -0.1) is 5.10 Å². The minimum atomic E-state index is -0.299. The van der Waals surface area contributed by atoms with Gasteiger partial charge in [-0.2, -0.15) is 0 Å². The molecule has 7 heteroatoms. The molecule has 0 aliphatic carbocycles. The zero-order valence-electron chi connectivity index (χ0n) is 19.4. The van der Waals surface area contributed by atoms with Crippen LogP contribution in [0.2, 0.25) is 0 Å². The van der Waals surface area contributed by atoms with Crippen LogP contribution < -0.4 is 11.4 Å². The standard InChI is InChI=1S/C27H26N6O/c1-17-14-22(15-18(2)29-17)23-24(21-12-8-5-9-13-21)30-26(28)32-25(23)31-33(27(32)34)19(3)16-20-10-6-4-7-11-20/h4-15,19H,16H2,1-3H3,(H2,28,30). The van der Waals surface area contributed by atoms with Crippen LogP contribution in [-0.2, 0) is 6.42 Å². The van der Waals surface area contributed by atoms with Crippen LogP contribution in [0.15, 0.2) is 77.6 Å². The summed E-state index contributed by atoms with van der Waals surface area (Å²) in [6.07, 6.45) is 0.673. The van der Waals surface area contributed by atoms with E-state index in [1.54, 1.807) is 0 Å². The molecule has 1 unspecified atom stereocenters. The van der Waals surface area contributed by atoms with Crippen LogP contribution in [0.3, 0.4) is 0 Å². The van der Waals surface area contributed by atoms with Crippen LogP contribution in [0, 0.1) is 13.8 Å². The molecule has 5 aromatic rings. The number of hydrogen-bond acceptors (Lipinski definition) is 5. The molecule has 2 N–H and O–H groups in total. The average molecular weight is 451 g/mol. The highest BCUT2D eigenvalue weighted by Gasteiger charge is 2.23. The van der Waals surface area contributed by atoms with E-state index in [1.165, 1.54) is 9.08 Å². The summed E-state index contributed by atoms with van der Waals surface area (Å²) in [4.78, 5) is 22.7. The molecule has 2 aromatic carbocycles. The van der Waals surface area contributed by atoms with E-state index >= 15 is 0 Å². The number of aromatic nitrogens is 5. The highest BCUT2D eigenvalue weighted by atomic mass is 16.2. The Morgan fingerprint density at radius 2 is 1.50 bits per heavy atom. The maximum absolute atomic E-state index is 13.5. The van der Waals surface area contributed by atoms with Crippen molar-refractivity contribution in [2.45, 2.75) is 33.2 Å². The Hall–Kier alpha value is -4.26. The van der Waals surface area contributed by atoms with E-state index in [9.17, 15) is 4.79 Å². The van der Waals surface area contributed by atoms with Crippen molar-refractivity contribution in [1.82, 2.24) is 24.1 Å². The molecule has 0 aliphatic heterocycles. The third kappa shape index (κ3) is 3.85. The number of nitrogens with zero attached hydrogens (tertiary/aromatic N) is 5. The van der Waals surface area contributed by atoms with Crippen LogP contribution in [0.5, 0.6) is 0 Å². The van der Waals surface area contributed by atoms with Gasteiger partial charge in [-0.1, -0.05) is 60.7 Å². The molecule has 34 heavy (non-hydrogen) atoms. The second-order valence-corrected chi connectivity index (χ2v) is 8.62. The van der Waals surface area contributed by atoms with Crippen LogP contribution in [0.4, 0.5) is 5.95 Å². The molecule has 1 atom stereocenters. The molecule has 0 radical (unpaired) electrons. The van der Waals surface area contributed by atoms with E-state index in [0.29, 0.717) is 17.8 Å². The van der Waals surface area contributed by atoms with Gasteiger partial charge >= 0.3 is 5.69 Å². The number of benzene rings is 2. The first-order chi connectivity index (χ1) is 16.4. The molecule has 0 saturated heterocycles. The van der Waals surface area contributed by atoms with Gasteiger partial charge in [0.05, 0.1) is 17.3 Å². The molecule has 0 aliphatic rings. The molecule has 3 heterocycles. The SMILES string of the molecule is Cc1cc(-c2c(-c3ccccc3)nc(N)n3c(=O)n(C(C)Cc4ccccc4)nc23)cc(C)n1. The highest BCUT2D eigenvalue weighted by Crippen LogP contribution is 2.35. The van der Waals surface area contributed by atoms with Gasteiger partial charge in [-0.3, -0.25) is 4.98 Å². The maximum Gasteiger partial charge on any atom is 0.353 e. The fourth-order valence-corrected chi connectivity index (χ4v) is 4.46. The van der Waals surface area contributed by atoms with Crippen LogP contribution in [-0.4, -0.2) is 24.1 Å². The van der Waals surface area contributed by atoms with Crippen molar-refractivity contribution in [3.63, 3.8) is 0 Å². The van der Waals surface area contributed by atoms with Gasteiger partial charge in [0.25, 0.3) is 0 Å². The Labute approximate surface area is 197 Å². The van der Waals surface area contributed by atoms with Crippen molar-refractivity contribution in [1.29, 1.82) is 0 Å². The smallest absolute Gasteiger partial charge is 0.353 e. The molecule has 0 bridgehead atoms. The van der Waals surface area contributed by atoms with E-state index in [1.807, 2.05) is 81.4 Å². The summed E-state index contributed by atoms with van der Waals surface area (Å²) in [5, 5.41) is 4.82. The van der Waals surface area contributed by atoms with E-state index in [0.717, 1.165) is 33.6 Å². The fraction of sp³-hybridized carbons (Fsp3) is 0.185. The molecule has 170 valence electrons. The van der Waals surface area contributed by atoms with Crippen LogP contribution >= 0.6 is 0 Å². The zero-order valence-corrected chi connectivity index (χ0v) is 19.4. The van der Waals surface area contributed by atoms with Crippen molar-refractivity contribution < 1.29 is 0 Å². The molecule has 3 aromatic heterocycles. The summed E-state index contributed by atoms with van der Waals surface area (Å²) >= 11 is 0. The lowest BCUT2D eigenvalue weighted by atomic mass is 9.99. The largest absolute Gasteiger partial charge is 0.369 e. The third-order valence-corrected chi connectivity index (χ3v) is 5.93. The summed E-state index contributed by atoms with van der Waals surface area (Å²) in [6, 6.07) is 23.7. The van der Waals surface area contributed by atoms with Crippen molar-refractivity contribution in [2.75, 3.05) is 5.73 Å². The van der Waals surface area contributed by atoms with Gasteiger partial charge < -0.3 is 5.73 Å². The van der Waals surface area contributed by atoms with E-state index in [-0.39, 0.29) is 17.7 Å². The van der Waals surface area contributed by atoms with E-state index < -0.39 is 0 Å². The number of rotatable bonds is 5. The van der Waals surface area contributed by atoms with E-state index in [2.05, 4.69) is 17.1 Å². The second-order valence-electron chi connectivity index (χ2n) is 8.62. The Kier molecular flexibility index (Phi) is 5.45. The van der Waals surface area contributed by atoms with Crippen molar-refractivity contribution in [3.8, 4) is 22.4 Å². The monoisotopic (exact) mass is 450 g/mol. The van der Waals surface area contributed by atoms with Crippen LogP contribution in [0.1, 0.15) is 29.9 Å². The highest BCUT2D eigenvalue weighted by molar-refractivity contribution is 5.90. The van der Waals surface area contributed by atoms with Crippen molar-refractivity contribution >= 4 is 11.6 Å². The Morgan fingerprint density at radius 1 is 0.882 bits per heavy atom. The lowest BCUT2D eigenvalue weighted by molar-refractivity contribution is 0.473. The topological polar surface area (TPSA) is 91.1 Å². The maximum atomic E-state index is 13.5. The first-order valence-electron chi connectivity index (χ1n) is 11.3. The summed E-state index contributed by atoms with van der Waals surface area (Å²) in [6.45, 7) is 5.89. The van der Waals surface area contributed by atoms with Gasteiger partial charge in [0.2, 0.25) is 5.95 Å². The van der Waals surface area contributed by atoms with Gasteiger partial charge in [-0.25, -0.2) is 18.9 Å². The summed E-state index contributed by atoms with van der Waals surface area (Å²) in [5.41, 5.74) is 12.7. The number of fused-ring (bicyclic) bond motifs is 1. The van der Waals surface area contributed by atoms with Crippen molar-refractivity contribution in [3.05, 3.63) is 100 Å². The summed E-state index contributed by atoms with van der Waals surface area (Å²) in [7, 11) is 0. The number of aryl methyl sites for hydroxylation is 2. The number of nitrogen functional groups attached to an aromatic ring is 1. The number of anilines is 1. The lowest BCUT2D eigenvalue weighted by Crippen LogP contribution is -2.26. The fourth-order valence-electron chi connectivity index (χ4n) is 4.46. The molecule has 0 saturated carbocycles. The minimum Gasteiger partial charge on any atom is -0.369 e.